The van der Waals surface area contributed by atoms with Gasteiger partial charge in [-0.2, -0.15) is 0 Å². The molecule has 1 aromatic rings. The number of ether oxygens (including phenoxy) is 1. The molecule has 3 nitrogen and oxygen atoms in total. The predicted octanol–water partition coefficient (Wildman–Crippen LogP) is 1.12. The Morgan fingerprint density at radius 1 is 1.29 bits per heavy atom. The van der Waals surface area contributed by atoms with Gasteiger partial charge in [-0.3, -0.25) is 0 Å². The quantitative estimate of drug-likeness (QED) is 0.701. The molecule has 0 aromatic heterocycles. The summed E-state index contributed by atoms with van der Waals surface area (Å²) in [6, 6.07) is 5.43. The molecule has 0 amide bonds. The summed E-state index contributed by atoms with van der Waals surface area (Å²) >= 11 is 0. The van der Waals surface area contributed by atoms with Crippen LogP contribution in [0.5, 0.6) is 5.75 Å². The second-order valence-corrected chi connectivity index (χ2v) is 3.29. The molecule has 14 heavy (non-hydrogen) atoms. The van der Waals surface area contributed by atoms with E-state index in [-0.39, 0.29) is 0 Å². The van der Waals surface area contributed by atoms with Crippen LogP contribution in [-0.4, -0.2) is 23.4 Å². The van der Waals surface area contributed by atoms with Gasteiger partial charge in [-0.15, -0.1) is 0 Å². The molecule has 2 rings (SSSR count). The average Bonchev–Trinajstić information content (AvgIpc) is 2.23. The minimum atomic E-state index is -0.856. The van der Waals surface area contributed by atoms with Gasteiger partial charge in [-0.1, -0.05) is 18.2 Å². The molecule has 74 valence electrons. The van der Waals surface area contributed by atoms with Crippen LogP contribution in [0.25, 0.3) is 6.08 Å². The smallest absolute Gasteiger partial charge is 0.119 e. The van der Waals surface area contributed by atoms with E-state index < -0.39 is 12.2 Å². The van der Waals surface area contributed by atoms with Crippen LogP contribution >= 0.6 is 0 Å². The highest BCUT2D eigenvalue weighted by atomic mass is 16.5. The van der Waals surface area contributed by atoms with Crippen molar-refractivity contribution in [1.29, 1.82) is 0 Å². The van der Waals surface area contributed by atoms with Gasteiger partial charge in [0.2, 0.25) is 0 Å². The summed E-state index contributed by atoms with van der Waals surface area (Å²) in [6.45, 7) is 0. The topological polar surface area (TPSA) is 49.7 Å². The Morgan fingerprint density at radius 3 is 2.79 bits per heavy atom. The second-order valence-electron chi connectivity index (χ2n) is 3.29. The maximum Gasteiger partial charge on any atom is 0.119 e. The van der Waals surface area contributed by atoms with Crippen molar-refractivity contribution in [3.8, 4) is 5.75 Å². The number of aliphatic hydroxyl groups excluding tert-OH is 2. The van der Waals surface area contributed by atoms with Crippen molar-refractivity contribution in [2.24, 2.45) is 0 Å². The Balaban J connectivity index is 2.48. The molecule has 0 spiro atoms. The van der Waals surface area contributed by atoms with Gasteiger partial charge in [0.05, 0.1) is 7.11 Å². The van der Waals surface area contributed by atoms with Crippen molar-refractivity contribution in [2.75, 3.05) is 7.11 Å². The van der Waals surface area contributed by atoms with Crippen molar-refractivity contribution in [2.45, 2.75) is 12.2 Å². The molecule has 0 aliphatic heterocycles. The third-order valence-electron chi connectivity index (χ3n) is 2.41. The van der Waals surface area contributed by atoms with Crippen LogP contribution in [0.3, 0.4) is 0 Å². The zero-order chi connectivity index (χ0) is 10.1. The first-order valence-corrected chi connectivity index (χ1v) is 4.44. The molecular weight excluding hydrogens is 180 g/mol. The first kappa shape index (κ1) is 9.24. The monoisotopic (exact) mass is 192 g/mol. The fourth-order valence-electron chi connectivity index (χ4n) is 1.58. The van der Waals surface area contributed by atoms with Crippen molar-refractivity contribution < 1.29 is 14.9 Å². The highest BCUT2D eigenvalue weighted by molar-refractivity contribution is 5.59. The number of hydrogen-bond donors (Lipinski definition) is 2. The first-order valence-electron chi connectivity index (χ1n) is 4.44. The zero-order valence-corrected chi connectivity index (χ0v) is 7.84. The molecule has 1 aliphatic carbocycles. The third kappa shape index (κ3) is 1.41. The van der Waals surface area contributed by atoms with Gasteiger partial charge in [-0.25, -0.2) is 0 Å². The van der Waals surface area contributed by atoms with Gasteiger partial charge in [0, 0.05) is 0 Å². The van der Waals surface area contributed by atoms with Crippen molar-refractivity contribution in [1.82, 2.24) is 0 Å². The van der Waals surface area contributed by atoms with Crippen LogP contribution in [0.2, 0.25) is 0 Å². The third-order valence-corrected chi connectivity index (χ3v) is 2.41. The SMILES string of the molecule is COc1ccc2c(c1)C(O)C(O)C=C2. The lowest BCUT2D eigenvalue weighted by atomic mass is 9.93. The normalized spacial score (nSPS) is 24.5. The van der Waals surface area contributed by atoms with Crippen LogP contribution in [0, 0.1) is 0 Å². The van der Waals surface area contributed by atoms with E-state index in [9.17, 15) is 10.2 Å². The van der Waals surface area contributed by atoms with E-state index in [4.69, 9.17) is 4.74 Å². The summed E-state index contributed by atoms with van der Waals surface area (Å²) in [7, 11) is 1.57. The van der Waals surface area contributed by atoms with E-state index in [1.54, 1.807) is 25.3 Å². The van der Waals surface area contributed by atoms with Crippen LogP contribution in [0.4, 0.5) is 0 Å². The molecule has 0 saturated carbocycles. The Labute approximate surface area is 82.3 Å². The summed E-state index contributed by atoms with van der Waals surface area (Å²) in [5.74, 6) is 0.685. The molecule has 0 saturated heterocycles. The van der Waals surface area contributed by atoms with Crippen molar-refractivity contribution in [3.63, 3.8) is 0 Å². The Kier molecular flexibility index (Phi) is 2.27. The van der Waals surface area contributed by atoms with Gasteiger partial charge in [0.1, 0.15) is 18.0 Å². The predicted molar refractivity (Wildman–Crippen MR) is 53.0 cm³/mol. The molecule has 0 bridgehead atoms. The minimum absolute atomic E-state index is 0.685. The van der Waals surface area contributed by atoms with Crippen molar-refractivity contribution >= 4 is 6.08 Å². The van der Waals surface area contributed by atoms with E-state index in [0.29, 0.717) is 11.3 Å². The lowest BCUT2D eigenvalue weighted by Gasteiger charge is -2.22. The van der Waals surface area contributed by atoms with Gasteiger partial charge < -0.3 is 14.9 Å². The number of rotatable bonds is 1. The zero-order valence-electron chi connectivity index (χ0n) is 7.84. The number of hydrogen-bond acceptors (Lipinski definition) is 3. The summed E-state index contributed by atoms with van der Waals surface area (Å²) < 4.78 is 5.05. The van der Waals surface area contributed by atoms with E-state index >= 15 is 0 Å². The highest BCUT2D eigenvalue weighted by Gasteiger charge is 2.22. The summed E-state index contributed by atoms with van der Waals surface area (Å²) in [4.78, 5) is 0. The van der Waals surface area contributed by atoms with Gasteiger partial charge in [-0.05, 0) is 23.3 Å². The standard InChI is InChI=1S/C11H12O3/c1-14-8-4-2-7-3-5-10(12)11(13)9(7)6-8/h2-6,10-13H,1H3. The fourth-order valence-corrected chi connectivity index (χ4v) is 1.58. The second kappa shape index (κ2) is 3.44. The molecule has 0 fully saturated rings. The Morgan fingerprint density at radius 2 is 2.07 bits per heavy atom. The van der Waals surface area contributed by atoms with Crippen LogP contribution in [0.1, 0.15) is 17.2 Å². The van der Waals surface area contributed by atoms with Crippen LogP contribution in [0.15, 0.2) is 24.3 Å². The van der Waals surface area contributed by atoms with Gasteiger partial charge in [0.25, 0.3) is 0 Å². The average molecular weight is 192 g/mol. The van der Waals surface area contributed by atoms with E-state index in [2.05, 4.69) is 0 Å². The maximum atomic E-state index is 9.69. The molecule has 0 radical (unpaired) electrons. The Hall–Kier alpha value is -1.32. The van der Waals surface area contributed by atoms with E-state index in [1.165, 1.54) is 0 Å². The first-order chi connectivity index (χ1) is 6.72. The lowest BCUT2D eigenvalue weighted by molar-refractivity contribution is 0.0469. The van der Waals surface area contributed by atoms with Crippen molar-refractivity contribution in [3.05, 3.63) is 35.4 Å². The number of aliphatic hydroxyl groups is 2. The fraction of sp³-hybridized carbons (Fsp3) is 0.273. The largest absolute Gasteiger partial charge is 0.497 e. The molecule has 1 aliphatic rings. The molecule has 2 unspecified atom stereocenters. The van der Waals surface area contributed by atoms with Crippen LogP contribution < -0.4 is 4.74 Å². The van der Waals surface area contributed by atoms with Gasteiger partial charge >= 0.3 is 0 Å². The Bertz CT molecular complexity index is 371. The van der Waals surface area contributed by atoms with Gasteiger partial charge in [0.15, 0.2) is 0 Å². The molecule has 2 atom stereocenters. The van der Waals surface area contributed by atoms with E-state index in [1.807, 2.05) is 12.1 Å². The summed E-state index contributed by atoms with van der Waals surface area (Å²) in [5.41, 5.74) is 1.63. The molecule has 2 N–H and O–H groups in total. The summed E-state index contributed by atoms with van der Waals surface area (Å²) in [5, 5.41) is 19.1. The van der Waals surface area contributed by atoms with Crippen LogP contribution in [-0.2, 0) is 0 Å². The molecular formula is C11H12O3. The number of fused-ring (bicyclic) bond motifs is 1. The number of methoxy groups -OCH3 is 1. The van der Waals surface area contributed by atoms with E-state index in [0.717, 1.165) is 5.56 Å². The lowest BCUT2D eigenvalue weighted by Crippen LogP contribution is -2.19. The number of benzene rings is 1. The molecule has 1 aromatic carbocycles. The molecule has 3 heteroatoms. The molecule has 0 heterocycles. The summed E-state index contributed by atoms with van der Waals surface area (Å²) in [6.07, 6.45) is 1.70. The highest BCUT2D eigenvalue weighted by Crippen LogP contribution is 2.30. The minimum Gasteiger partial charge on any atom is -0.497 e. The maximum absolute atomic E-state index is 9.69.